The van der Waals surface area contributed by atoms with E-state index in [0.29, 0.717) is 37.7 Å². The summed E-state index contributed by atoms with van der Waals surface area (Å²) in [7, 11) is 0. The predicted octanol–water partition coefficient (Wildman–Crippen LogP) is 5.94. The van der Waals surface area contributed by atoms with Crippen LogP contribution in [0.15, 0.2) is 66.2 Å². The van der Waals surface area contributed by atoms with Gasteiger partial charge in [0.2, 0.25) is 5.91 Å². The van der Waals surface area contributed by atoms with Crippen LogP contribution < -0.4 is 4.90 Å². The lowest BCUT2D eigenvalue weighted by molar-refractivity contribution is -0.128. The number of benzene rings is 2. The number of hydrogen-bond acceptors (Lipinski definition) is 6. The zero-order valence-corrected chi connectivity index (χ0v) is 23.0. The Morgan fingerprint density at radius 3 is 2.67 bits per heavy atom. The summed E-state index contributed by atoms with van der Waals surface area (Å²) >= 11 is 6.74. The first-order valence-corrected chi connectivity index (χ1v) is 13.4. The molecule has 0 saturated carbocycles. The highest BCUT2D eigenvalue weighted by atomic mass is 35.5. The van der Waals surface area contributed by atoms with Gasteiger partial charge >= 0.3 is 0 Å². The van der Waals surface area contributed by atoms with Gasteiger partial charge in [0.25, 0.3) is 0 Å². The molecule has 1 aromatic heterocycles. The molecule has 39 heavy (non-hydrogen) atoms. The fraction of sp³-hybridized carbons (Fsp3) is 0.300. The first kappa shape index (κ1) is 26.7. The summed E-state index contributed by atoms with van der Waals surface area (Å²) in [6.45, 7) is 11.8. The number of halogens is 2. The molecule has 0 aliphatic carbocycles. The minimum absolute atomic E-state index is 0.0159. The molecule has 1 amide bonds. The Balaban J connectivity index is 1.66. The molecule has 2 aromatic carbocycles. The molecule has 3 heterocycles. The largest absolute Gasteiger partial charge is 0.507 e. The van der Waals surface area contributed by atoms with Crippen molar-refractivity contribution < 1.29 is 14.3 Å². The summed E-state index contributed by atoms with van der Waals surface area (Å²) < 4.78 is 14.9. The van der Waals surface area contributed by atoms with E-state index in [4.69, 9.17) is 21.6 Å². The van der Waals surface area contributed by atoms with E-state index in [-0.39, 0.29) is 39.9 Å². The van der Waals surface area contributed by atoms with Crippen LogP contribution in [0.2, 0.25) is 5.02 Å². The van der Waals surface area contributed by atoms with Crippen molar-refractivity contribution in [3.63, 3.8) is 0 Å². The number of para-hydroxylation sites is 1. The smallest absolute Gasteiger partial charge is 0.246 e. The molecule has 1 atom stereocenters. The first-order chi connectivity index (χ1) is 18.7. The molecule has 1 N–H and O–H groups in total. The number of hydrogen-bond donors (Lipinski definition) is 1. The van der Waals surface area contributed by atoms with Gasteiger partial charge in [-0.05, 0) is 48.7 Å². The minimum atomic E-state index is -0.611. The Morgan fingerprint density at radius 2 is 1.97 bits per heavy atom. The maximum atomic E-state index is 14.9. The SMILES string of the molecule is C=CC(=O)N1CCN(C2=NCN(c3ccccc3C(C)C)c3nc(-c4c(O)cccc4F)c(Cl)cc32)[C@@H](C)C1. The molecular weight excluding hydrogens is 517 g/mol. The third-order valence-electron chi connectivity index (χ3n) is 7.28. The fourth-order valence-corrected chi connectivity index (χ4v) is 5.57. The van der Waals surface area contributed by atoms with E-state index >= 15 is 0 Å². The predicted molar refractivity (Wildman–Crippen MR) is 153 cm³/mol. The van der Waals surface area contributed by atoms with Gasteiger partial charge in [-0.15, -0.1) is 0 Å². The number of aromatic nitrogens is 1. The molecule has 202 valence electrons. The number of anilines is 2. The van der Waals surface area contributed by atoms with Gasteiger partial charge in [-0.1, -0.05) is 56.3 Å². The summed E-state index contributed by atoms with van der Waals surface area (Å²) in [4.78, 5) is 28.1. The topological polar surface area (TPSA) is 72.3 Å². The van der Waals surface area contributed by atoms with Gasteiger partial charge in [-0.3, -0.25) is 4.79 Å². The highest BCUT2D eigenvalue weighted by Crippen LogP contribution is 2.42. The number of carbonyl (C=O) groups excluding carboxylic acids is 1. The monoisotopic (exact) mass is 547 g/mol. The molecule has 5 rings (SSSR count). The van der Waals surface area contributed by atoms with Crippen LogP contribution in [0, 0.1) is 5.82 Å². The zero-order valence-electron chi connectivity index (χ0n) is 22.2. The third kappa shape index (κ3) is 4.85. The van der Waals surface area contributed by atoms with Gasteiger partial charge in [0.15, 0.2) is 0 Å². The van der Waals surface area contributed by atoms with E-state index in [0.717, 1.165) is 17.1 Å². The van der Waals surface area contributed by atoms with Gasteiger partial charge < -0.3 is 19.8 Å². The number of carbonyl (C=O) groups is 1. The Bertz CT molecular complexity index is 1450. The molecule has 1 fully saturated rings. The molecule has 7 nitrogen and oxygen atoms in total. The number of aliphatic imine (C=N–C) groups is 1. The standard InChI is InChI=1S/C30H31ClFN5O2/c1-5-26(39)35-13-14-36(19(4)16-35)29-21-15-22(31)28(27-23(32)10-8-12-25(27)38)34-30(21)37(17-33-29)24-11-7-6-9-20(24)18(2)3/h5-12,15,18-19,38H,1,13-14,16-17H2,2-4H3/t19-/m0/s1. The van der Waals surface area contributed by atoms with Crippen LogP contribution in [0.5, 0.6) is 5.75 Å². The number of rotatable bonds is 4. The van der Waals surface area contributed by atoms with Crippen LogP contribution in [0.1, 0.15) is 37.8 Å². The Morgan fingerprint density at radius 1 is 1.21 bits per heavy atom. The van der Waals surface area contributed by atoms with Crippen LogP contribution in [0.4, 0.5) is 15.9 Å². The molecule has 9 heteroatoms. The second-order valence-corrected chi connectivity index (χ2v) is 10.5. The van der Waals surface area contributed by atoms with Crippen LogP contribution in [0.3, 0.4) is 0 Å². The normalized spacial score (nSPS) is 17.2. The van der Waals surface area contributed by atoms with Crippen LogP contribution in [0.25, 0.3) is 11.3 Å². The number of piperazine rings is 1. The summed E-state index contributed by atoms with van der Waals surface area (Å²) in [5.74, 6) is 0.600. The number of fused-ring (bicyclic) bond motifs is 1. The number of nitrogens with zero attached hydrogens (tertiary/aromatic N) is 5. The highest BCUT2D eigenvalue weighted by Gasteiger charge is 2.34. The molecular formula is C30H31ClFN5O2. The number of phenols is 1. The maximum Gasteiger partial charge on any atom is 0.246 e. The lowest BCUT2D eigenvalue weighted by Gasteiger charge is -2.43. The van der Waals surface area contributed by atoms with Crippen LogP contribution >= 0.6 is 11.6 Å². The van der Waals surface area contributed by atoms with E-state index in [9.17, 15) is 14.3 Å². The molecule has 2 aliphatic heterocycles. The average Bonchev–Trinajstić information content (AvgIpc) is 2.92. The first-order valence-electron chi connectivity index (χ1n) is 13.0. The van der Waals surface area contributed by atoms with Crippen molar-refractivity contribution in [3.05, 3.63) is 83.2 Å². The van der Waals surface area contributed by atoms with Crippen molar-refractivity contribution in [2.45, 2.75) is 32.7 Å². The van der Waals surface area contributed by atoms with Gasteiger partial charge in [0, 0.05) is 31.4 Å². The van der Waals surface area contributed by atoms with Crippen molar-refractivity contribution >= 4 is 34.8 Å². The lowest BCUT2D eigenvalue weighted by atomic mass is 9.99. The van der Waals surface area contributed by atoms with Crippen molar-refractivity contribution in [1.82, 2.24) is 14.8 Å². The Kier molecular flexibility index (Phi) is 7.32. The second-order valence-electron chi connectivity index (χ2n) is 10.1. The summed E-state index contributed by atoms with van der Waals surface area (Å²) in [6, 6.07) is 13.9. The molecule has 0 unspecified atom stereocenters. The van der Waals surface area contributed by atoms with Crippen LogP contribution in [-0.2, 0) is 4.79 Å². The number of amidine groups is 1. The highest BCUT2D eigenvalue weighted by molar-refractivity contribution is 6.33. The van der Waals surface area contributed by atoms with Gasteiger partial charge in [-0.25, -0.2) is 14.4 Å². The molecule has 2 aliphatic rings. The van der Waals surface area contributed by atoms with Gasteiger partial charge in [0.1, 0.15) is 29.9 Å². The number of pyridine rings is 1. The maximum absolute atomic E-state index is 14.9. The van der Waals surface area contributed by atoms with Crippen LogP contribution in [-0.4, -0.2) is 64.0 Å². The van der Waals surface area contributed by atoms with E-state index in [2.05, 4.69) is 31.4 Å². The average molecular weight is 548 g/mol. The summed E-state index contributed by atoms with van der Waals surface area (Å²) in [6.07, 6.45) is 1.34. The molecule has 1 saturated heterocycles. The van der Waals surface area contributed by atoms with Crippen molar-refractivity contribution in [2.24, 2.45) is 4.99 Å². The second kappa shape index (κ2) is 10.7. The van der Waals surface area contributed by atoms with Crippen molar-refractivity contribution in [3.8, 4) is 17.0 Å². The van der Waals surface area contributed by atoms with Gasteiger partial charge in [0.05, 0.1) is 21.8 Å². The number of aromatic hydroxyl groups is 1. The Labute approximate surface area is 232 Å². The molecule has 3 aromatic rings. The van der Waals surface area contributed by atoms with E-state index < -0.39 is 5.82 Å². The van der Waals surface area contributed by atoms with Crippen molar-refractivity contribution in [1.29, 1.82) is 0 Å². The van der Waals surface area contributed by atoms with E-state index in [1.807, 2.05) is 30.0 Å². The van der Waals surface area contributed by atoms with Crippen molar-refractivity contribution in [2.75, 3.05) is 31.2 Å². The van der Waals surface area contributed by atoms with Gasteiger partial charge in [-0.2, -0.15) is 0 Å². The molecule has 0 radical (unpaired) electrons. The number of amides is 1. The fourth-order valence-electron chi connectivity index (χ4n) is 5.32. The number of phenolic OH excluding ortho intramolecular Hbond substituents is 1. The lowest BCUT2D eigenvalue weighted by Crippen LogP contribution is -2.56. The minimum Gasteiger partial charge on any atom is -0.507 e. The summed E-state index contributed by atoms with van der Waals surface area (Å²) in [5, 5.41) is 10.7. The summed E-state index contributed by atoms with van der Waals surface area (Å²) in [5.41, 5.74) is 2.90. The zero-order chi connectivity index (χ0) is 27.8. The molecule has 0 spiro atoms. The quantitative estimate of drug-likeness (QED) is 0.409. The molecule has 0 bridgehead atoms. The third-order valence-corrected chi connectivity index (χ3v) is 7.57. The Hall–Kier alpha value is -3.91. The van der Waals surface area contributed by atoms with E-state index in [1.54, 1.807) is 11.0 Å². The van der Waals surface area contributed by atoms with E-state index in [1.165, 1.54) is 24.3 Å².